The minimum absolute atomic E-state index is 1.04. The zero-order chi connectivity index (χ0) is 8.23. The third-order valence-corrected chi connectivity index (χ3v) is 3.43. The first kappa shape index (κ1) is 8.08. The molecule has 0 unspecified atom stereocenters. The van der Waals surface area contributed by atoms with Crippen LogP contribution in [0.25, 0.3) is 0 Å². The summed E-state index contributed by atoms with van der Waals surface area (Å²) < 4.78 is 0. The lowest BCUT2D eigenvalue weighted by molar-refractivity contribution is 1.04. The normalized spacial score (nSPS) is 21.3. The molecule has 0 bridgehead atoms. The molecule has 3 heteroatoms. The van der Waals surface area contributed by atoms with Gasteiger partial charge in [0.2, 0.25) is 0 Å². The van der Waals surface area contributed by atoms with E-state index < -0.39 is 0 Å². The molecule has 62 valence electrons. The molecule has 0 aromatic heterocycles. The van der Waals surface area contributed by atoms with Gasteiger partial charge >= 0.3 is 0 Å². The number of thioether (sulfide) groups is 2. The highest BCUT2D eigenvalue weighted by Crippen LogP contribution is 2.32. The second kappa shape index (κ2) is 3.92. The average Bonchev–Trinajstić information content (AvgIpc) is 2.21. The Morgan fingerprint density at radius 2 is 2.33 bits per heavy atom. The molecule has 1 N–H and O–H groups in total. The van der Waals surface area contributed by atoms with Crippen LogP contribution in [0.2, 0.25) is 0 Å². The largest absolute Gasteiger partial charge is 0.361 e. The third-order valence-electron chi connectivity index (χ3n) is 1.58. The molecule has 2 rings (SSSR count). The highest BCUT2D eigenvalue weighted by molar-refractivity contribution is 8.12. The highest BCUT2D eigenvalue weighted by atomic mass is 32.2. The van der Waals surface area contributed by atoms with Crippen molar-refractivity contribution in [2.75, 3.05) is 0 Å². The summed E-state index contributed by atoms with van der Waals surface area (Å²) in [6.45, 7) is 0. The van der Waals surface area contributed by atoms with Crippen LogP contribution in [0.5, 0.6) is 0 Å². The highest BCUT2D eigenvalue weighted by Gasteiger charge is 2.06. The maximum Gasteiger partial charge on any atom is 0.0489 e. The summed E-state index contributed by atoms with van der Waals surface area (Å²) in [6, 6.07) is 0. The van der Waals surface area contributed by atoms with Crippen molar-refractivity contribution in [2.24, 2.45) is 0 Å². The lowest BCUT2D eigenvalue weighted by atomic mass is 10.2. The molecule has 2 heterocycles. The van der Waals surface area contributed by atoms with Crippen molar-refractivity contribution < 1.29 is 0 Å². The molecule has 12 heavy (non-hydrogen) atoms. The van der Waals surface area contributed by atoms with Gasteiger partial charge in [-0.3, -0.25) is 0 Å². The zero-order valence-electron chi connectivity index (χ0n) is 6.49. The maximum atomic E-state index is 3.23. The maximum absolute atomic E-state index is 3.23. The van der Waals surface area contributed by atoms with E-state index in [9.17, 15) is 0 Å². The standard InChI is InChI=1S/C9H9NS2/c1-2-4-10-8(3-1)9-7-11-5-6-12-9/h2-7,10H,1H2. The van der Waals surface area contributed by atoms with Crippen LogP contribution in [0.4, 0.5) is 0 Å². The summed E-state index contributed by atoms with van der Waals surface area (Å²) in [5.74, 6) is 0. The van der Waals surface area contributed by atoms with E-state index in [2.05, 4.69) is 33.7 Å². The molecule has 0 atom stereocenters. The second-order valence-corrected chi connectivity index (χ2v) is 4.14. The van der Waals surface area contributed by atoms with Gasteiger partial charge in [0.05, 0.1) is 0 Å². The first-order valence-corrected chi connectivity index (χ1v) is 5.58. The van der Waals surface area contributed by atoms with Gasteiger partial charge < -0.3 is 5.32 Å². The van der Waals surface area contributed by atoms with Gasteiger partial charge in [0.25, 0.3) is 0 Å². The van der Waals surface area contributed by atoms with Crippen LogP contribution in [0, 0.1) is 0 Å². The molecule has 2 aliphatic heterocycles. The average molecular weight is 195 g/mol. The molecule has 1 nitrogen and oxygen atoms in total. The minimum Gasteiger partial charge on any atom is -0.361 e. The van der Waals surface area contributed by atoms with Crippen molar-refractivity contribution in [2.45, 2.75) is 6.42 Å². The van der Waals surface area contributed by atoms with Crippen molar-refractivity contribution in [3.05, 3.63) is 45.2 Å². The molecule has 0 fully saturated rings. The number of allylic oxidation sites excluding steroid dienone is 2. The van der Waals surface area contributed by atoms with Crippen molar-refractivity contribution in [1.82, 2.24) is 5.32 Å². The molecule has 0 amide bonds. The Balaban J connectivity index is 2.08. The van der Waals surface area contributed by atoms with Crippen molar-refractivity contribution >= 4 is 23.5 Å². The van der Waals surface area contributed by atoms with E-state index in [1.54, 1.807) is 23.5 Å². The summed E-state index contributed by atoms with van der Waals surface area (Å²) in [4.78, 5) is 1.31. The molecule has 0 aliphatic carbocycles. The van der Waals surface area contributed by atoms with E-state index in [1.165, 1.54) is 10.6 Å². The Morgan fingerprint density at radius 1 is 1.33 bits per heavy atom. The molecule has 0 aromatic rings. The van der Waals surface area contributed by atoms with Crippen LogP contribution >= 0.6 is 23.5 Å². The Kier molecular flexibility index (Phi) is 2.64. The first-order chi connectivity index (χ1) is 5.97. The summed E-state index contributed by atoms with van der Waals surface area (Å²) >= 11 is 3.49. The molecule has 0 saturated carbocycles. The van der Waals surface area contributed by atoms with Gasteiger partial charge in [-0.2, -0.15) is 0 Å². The quantitative estimate of drug-likeness (QED) is 0.690. The fraction of sp³-hybridized carbons (Fsp3) is 0.111. The number of rotatable bonds is 1. The fourth-order valence-corrected chi connectivity index (χ4v) is 2.63. The van der Waals surface area contributed by atoms with Crippen LogP contribution in [0.1, 0.15) is 6.42 Å². The number of dihydropyridines is 1. The van der Waals surface area contributed by atoms with Gasteiger partial charge in [-0.15, -0.1) is 11.8 Å². The van der Waals surface area contributed by atoms with Gasteiger partial charge in [-0.1, -0.05) is 23.9 Å². The molecule has 2 aliphatic rings. The Morgan fingerprint density at radius 3 is 3.00 bits per heavy atom. The SMILES string of the molecule is C1=CNC(C2=CSC=CS2)=CC1. The van der Waals surface area contributed by atoms with Crippen LogP contribution < -0.4 is 5.32 Å². The predicted molar refractivity (Wildman–Crippen MR) is 57.4 cm³/mol. The minimum atomic E-state index is 1.04. The van der Waals surface area contributed by atoms with Gasteiger partial charge in [0, 0.05) is 10.6 Å². The van der Waals surface area contributed by atoms with Gasteiger partial charge in [0.15, 0.2) is 0 Å². The predicted octanol–water partition coefficient (Wildman–Crippen LogP) is 3.17. The van der Waals surface area contributed by atoms with E-state index in [-0.39, 0.29) is 0 Å². The smallest absolute Gasteiger partial charge is 0.0489 e. The van der Waals surface area contributed by atoms with Crippen molar-refractivity contribution in [3.8, 4) is 0 Å². The summed E-state index contributed by atoms with van der Waals surface area (Å²) in [5, 5.41) is 9.60. The Bertz CT molecular complexity index is 257. The molecular weight excluding hydrogens is 186 g/mol. The molecule has 0 aromatic carbocycles. The second-order valence-electron chi connectivity index (χ2n) is 2.41. The summed E-state index contributed by atoms with van der Waals surface area (Å²) in [7, 11) is 0. The monoisotopic (exact) mass is 195 g/mol. The summed E-state index contributed by atoms with van der Waals surface area (Å²) in [5.41, 5.74) is 1.24. The zero-order valence-corrected chi connectivity index (χ0v) is 8.12. The van der Waals surface area contributed by atoms with Crippen molar-refractivity contribution in [1.29, 1.82) is 0 Å². The lowest BCUT2D eigenvalue weighted by Crippen LogP contribution is -2.08. The Hall–Kier alpha value is -0.540. The van der Waals surface area contributed by atoms with E-state index in [0.717, 1.165) is 6.42 Å². The van der Waals surface area contributed by atoms with Crippen molar-refractivity contribution in [3.63, 3.8) is 0 Å². The van der Waals surface area contributed by atoms with Crippen LogP contribution in [0.3, 0.4) is 0 Å². The van der Waals surface area contributed by atoms with Gasteiger partial charge in [-0.05, 0) is 28.8 Å². The Labute approximate surface area is 80.7 Å². The van der Waals surface area contributed by atoms with E-state index >= 15 is 0 Å². The third kappa shape index (κ3) is 1.79. The first-order valence-electron chi connectivity index (χ1n) is 3.76. The van der Waals surface area contributed by atoms with Crippen LogP contribution in [0.15, 0.2) is 45.2 Å². The molecule has 0 spiro atoms. The van der Waals surface area contributed by atoms with E-state index in [0.29, 0.717) is 0 Å². The van der Waals surface area contributed by atoms with E-state index in [4.69, 9.17) is 0 Å². The summed E-state index contributed by atoms with van der Waals surface area (Å²) in [6.07, 6.45) is 7.35. The fourth-order valence-electron chi connectivity index (χ4n) is 1.02. The molecule has 0 saturated heterocycles. The topological polar surface area (TPSA) is 12.0 Å². The van der Waals surface area contributed by atoms with Crippen LogP contribution in [-0.2, 0) is 0 Å². The van der Waals surface area contributed by atoms with Crippen LogP contribution in [-0.4, -0.2) is 0 Å². The molecular formula is C9H9NS2. The van der Waals surface area contributed by atoms with Gasteiger partial charge in [0.1, 0.15) is 0 Å². The van der Waals surface area contributed by atoms with E-state index in [1.807, 2.05) is 6.20 Å². The molecule has 0 radical (unpaired) electrons. The lowest BCUT2D eigenvalue weighted by Gasteiger charge is -2.14. The number of hydrogen-bond acceptors (Lipinski definition) is 3. The number of hydrogen-bond donors (Lipinski definition) is 1. The van der Waals surface area contributed by atoms with Gasteiger partial charge in [-0.25, -0.2) is 0 Å². The number of nitrogens with one attached hydrogen (secondary N) is 1.